The minimum Gasteiger partial charge on any atom is -0.360 e. The second kappa shape index (κ2) is 5.09. The molecule has 1 aromatic rings. The monoisotopic (exact) mass is 185 g/mol. The molecular weight excluding hydrogens is 173 g/mol. The maximum atomic E-state index is 8.48. The molecule has 1 aromatic carbocycles. The fourth-order valence-corrected chi connectivity index (χ4v) is 1.09. The van der Waals surface area contributed by atoms with E-state index in [4.69, 9.17) is 9.42 Å². The standard InChI is InChI=1S/C8H12NO2P/c1-7(11-12-10)9-8-5-3-2-4-6-8/h2-7,9-10,12H,1H3. The summed E-state index contributed by atoms with van der Waals surface area (Å²) < 4.78 is 4.92. The van der Waals surface area contributed by atoms with Gasteiger partial charge >= 0.3 is 0 Å². The molecule has 0 spiro atoms. The van der Waals surface area contributed by atoms with Gasteiger partial charge in [0.25, 0.3) is 0 Å². The normalized spacial score (nSPS) is 13.5. The Bertz CT molecular complexity index is 218. The lowest BCUT2D eigenvalue weighted by Gasteiger charge is -2.13. The van der Waals surface area contributed by atoms with E-state index in [1.54, 1.807) is 0 Å². The van der Waals surface area contributed by atoms with E-state index in [-0.39, 0.29) is 6.23 Å². The van der Waals surface area contributed by atoms with Crippen LogP contribution in [0.15, 0.2) is 30.3 Å². The molecule has 2 atom stereocenters. The maximum Gasteiger partial charge on any atom is 0.154 e. The predicted octanol–water partition coefficient (Wildman–Crippen LogP) is 1.96. The summed E-state index contributed by atoms with van der Waals surface area (Å²) in [6.45, 7) is 1.84. The molecule has 0 saturated carbocycles. The SMILES string of the molecule is CC(Nc1ccccc1)OPO. The Labute approximate surface area is 73.7 Å². The van der Waals surface area contributed by atoms with Gasteiger partial charge in [-0.25, -0.2) is 0 Å². The summed E-state index contributed by atoms with van der Waals surface area (Å²) in [5.41, 5.74) is 0.989. The molecule has 0 aliphatic rings. The van der Waals surface area contributed by atoms with Crippen LogP contribution in [0.1, 0.15) is 6.92 Å². The third-order valence-corrected chi connectivity index (χ3v) is 1.83. The Morgan fingerprint density at radius 2 is 2.08 bits per heavy atom. The van der Waals surface area contributed by atoms with Crippen molar-refractivity contribution >= 4 is 14.7 Å². The average Bonchev–Trinajstić information content (AvgIpc) is 2.06. The predicted molar refractivity (Wildman–Crippen MR) is 51.1 cm³/mol. The number of para-hydroxylation sites is 1. The Kier molecular flexibility index (Phi) is 4.01. The first-order valence-electron chi connectivity index (χ1n) is 3.69. The van der Waals surface area contributed by atoms with Crippen molar-refractivity contribution in [3.05, 3.63) is 30.3 Å². The number of hydrogen-bond donors (Lipinski definition) is 2. The summed E-state index contributed by atoms with van der Waals surface area (Å²) in [7, 11) is -0.473. The summed E-state index contributed by atoms with van der Waals surface area (Å²) in [6.07, 6.45) is -0.157. The van der Waals surface area contributed by atoms with Crippen molar-refractivity contribution in [2.75, 3.05) is 5.32 Å². The first kappa shape index (κ1) is 9.46. The molecule has 12 heavy (non-hydrogen) atoms. The zero-order valence-corrected chi connectivity index (χ0v) is 7.82. The summed E-state index contributed by atoms with van der Waals surface area (Å²) >= 11 is 0. The molecule has 0 aliphatic carbocycles. The molecule has 0 heterocycles. The quantitative estimate of drug-likeness (QED) is 0.556. The zero-order valence-electron chi connectivity index (χ0n) is 6.82. The smallest absolute Gasteiger partial charge is 0.154 e. The molecule has 0 aliphatic heterocycles. The molecule has 3 nitrogen and oxygen atoms in total. The average molecular weight is 185 g/mol. The van der Waals surface area contributed by atoms with Crippen LogP contribution in [0.3, 0.4) is 0 Å². The molecule has 0 fully saturated rings. The van der Waals surface area contributed by atoms with Gasteiger partial charge in [-0.2, -0.15) is 0 Å². The van der Waals surface area contributed by atoms with Gasteiger partial charge in [-0.15, -0.1) is 0 Å². The largest absolute Gasteiger partial charge is 0.360 e. The first-order valence-corrected chi connectivity index (χ1v) is 4.55. The Morgan fingerprint density at radius 3 is 2.67 bits per heavy atom. The van der Waals surface area contributed by atoms with Crippen LogP contribution in [0.5, 0.6) is 0 Å². The summed E-state index contributed by atoms with van der Waals surface area (Å²) in [4.78, 5) is 8.48. The minimum atomic E-state index is -0.473. The topological polar surface area (TPSA) is 41.5 Å². The van der Waals surface area contributed by atoms with Crippen LogP contribution in [-0.4, -0.2) is 11.1 Å². The highest BCUT2D eigenvalue weighted by molar-refractivity contribution is 7.25. The molecule has 66 valence electrons. The van der Waals surface area contributed by atoms with Gasteiger partial charge in [0.15, 0.2) is 9.03 Å². The lowest BCUT2D eigenvalue weighted by atomic mass is 10.3. The molecule has 0 radical (unpaired) electrons. The molecule has 1 rings (SSSR count). The van der Waals surface area contributed by atoms with Gasteiger partial charge < -0.3 is 14.7 Å². The van der Waals surface area contributed by atoms with Crippen molar-refractivity contribution in [3.8, 4) is 0 Å². The molecule has 4 heteroatoms. The second-order valence-corrected chi connectivity index (χ2v) is 2.78. The van der Waals surface area contributed by atoms with Crippen molar-refractivity contribution in [3.63, 3.8) is 0 Å². The third kappa shape index (κ3) is 3.18. The van der Waals surface area contributed by atoms with Gasteiger partial charge in [0, 0.05) is 5.69 Å². The molecule has 0 saturated heterocycles. The molecule has 2 unspecified atom stereocenters. The van der Waals surface area contributed by atoms with Crippen LogP contribution < -0.4 is 5.32 Å². The summed E-state index contributed by atoms with van der Waals surface area (Å²) in [5.74, 6) is 0. The van der Waals surface area contributed by atoms with Crippen LogP contribution in [0.25, 0.3) is 0 Å². The Balaban J connectivity index is 2.41. The van der Waals surface area contributed by atoms with E-state index in [9.17, 15) is 0 Å². The highest BCUT2D eigenvalue weighted by Crippen LogP contribution is 2.12. The summed E-state index contributed by atoms with van der Waals surface area (Å²) in [5, 5.41) is 3.07. The molecule has 2 N–H and O–H groups in total. The fourth-order valence-electron chi connectivity index (χ4n) is 0.878. The van der Waals surface area contributed by atoms with Crippen molar-refractivity contribution in [1.82, 2.24) is 0 Å². The number of nitrogens with one attached hydrogen (secondary N) is 1. The van der Waals surface area contributed by atoms with Gasteiger partial charge in [0.05, 0.1) is 0 Å². The van der Waals surface area contributed by atoms with E-state index < -0.39 is 9.03 Å². The molecular formula is C8H12NO2P. The van der Waals surface area contributed by atoms with Gasteiger partial charge in [-0.3, -0.25) is 0 Å². The van der Waals surface area contributed by atoms with Crippen LogP contribution >= 0.6 is 9.03 Å². The van der Waals surface area contributed by atoms with Gasteiger partial charge in [0.1, 0.15) is 6.23 Å². The van der Waals surface area contributed by atoms with Crippen molar-refractivity contribution in [1.29, 1.82) is 0 Å². The van der Waals surface area contributed by atoms with Crippen molar-refractivity contribution in [2.24, 2.45) is 0 Å². The lowest BCUT2D eigenvalue weighted by molar-refractivity contribution is 0.262. The van der Waals surface area contributed by atoms with E-state index in [2.05, 4.69) is 5.32 Å². The van der Waals surface area contributed by atoms with Gasteiger partial charge in [0.2, 0.25) is 0 Å². The lowest BCUT2D eigenvalue weighted by Crippen LogP contribution is -2.14. The molecule has 0 aromatic heterocycles. The summed E-state index contributed by atoms with van der Waals surface area (Å²) in [6, 6.07) is 9.72. The van der Waals surface area contributed by atoms with Crippen LogP contribution in [-0.2, 0) is 4.52 Å². The van der Waals surface area contributed by atoms with E-state index in [0.29, 0.717) is 0 Å². The Morgan fingerprint density at radius 1 is 1.42 bits per heavy atom. The van der Waals surface area contributed by atoms with Crippen molar-refractivity contribution < 1.29 is 9.42 Å². The second-order valence-electron chi connectivity index (χ2n) is 2.36. The zero-order chi connectivity index (χ0) is 8.81. The maximum absolute atomic E-state index is 8.48. The van der Waals surface area contributed by atoms with Crippen LogP contribution in [0.2, 0.25) is 0 Å². The number of hydrogen-bond acceptors (Lipinski definition) is 3. The fraction of sp³-hybridized carbons (Fsp3) is 0.250. The van der Waals surface area contributed by atoms with Crippen LogP contribution in [0.4, 0.5) is 5.69 Å². The number of benzene rings is 1. The van der Waals surface area contributed by atoms with E-state index >= 15 is 0 Å². The Hall–Kier alpha value is -0.630. The highest BCUT2D eigenvalue weighted by Gasteiger charge is 1.98. The first-order chi connectivity index (χ1) is 5.83. The van der Waals surface area contributed by atoms with E-state index in [1.165, 1.54) is 0 Å². The number of rotatable bonds is 4. The third-order valence-electron chi connectivity index (χ3n) is 1.37. The van der Waals surface area contributed by atoms with Crippen LogP contribution in [0, 0.1) is 0 Å². The van der Waals surface area contributed by atoms with Gasteiger partial charge in [-0.05, 0) is 19.1 Å². The molecule has 0 amide bonds. The van der Waals surface area contributed by atoms with Crippen molar-refractivity contribution in [2.45, 2.75) is 13.2 Å². The van der Waals surface area contributed by atoms with E-state index in [0.717, 1.165) is 5.69 Å². The van der Waals surface area contributed by atoms with Gasteiger partial charge in [-0.1, -0.05) is 18.2 Å². The minimum absolute atomic E-state index is 0.157. The van der Waals surface area contributed by atoms with E-state index in [1.807, 2.05) is 37.3 Å². The number of anilines is 1. The molecule has 0 bridgehead atoms. The highest BCUT2D eigenvalue weighted by atomic mass is 31.1.